The summed E-state index contributed by atoms with van der Waals surface area (Å²) in [5.74, 6) is 0.732. The lowest BCUT2D eigenvalue weighted by molar-refractivity contribution is 0.161. The van der Waals surface area contributed by atoms with Crippen LogP contribution in [0.4, 0.5) is 0 Å². The zero-order valence-corrected chi connectivity index (χ0v) is 13.4. The maximum atomic E-state index is 3.42. The number of benzene rings is 1. The van der Waals surface area contributed by atoms with Gasteiger partial charge in [-0.05, 0) is 63.0 Å². The van der Waals surface area contributed by atoms with Crippen LogP contribution in [-0.4, -0.2) is 31.6 Å². The predicted octanol–water partition coefficient (Wildman–Crippen LogP) is 3.63. The third-order valence-electron chi connectivity index (χ3n) is 4.74. The van der Waals surface area contributed by atoms with Crippen molar-refractivity contribution in [3.05, 3.63) is 35.4 Å². The van der Waals surface area contributed by atoms with Crippen LogP contribution in [0.25, 0.3) is 0 Å². The molecule has 0 amide bonds. The Bertz CT molecular complexity index is 402. The number of hydrogen-bond acceptors (Lipinski definition) is 2. The fourth-order valence-corrected chi connectivity index (χ4v) is 3.74. The fraction of sp³-hybridized carbons (Fsp3) is 0.667. The van der Waals surface area contributed by atoms with E-state index >= 15 is 0 Å². The van der Waals surface area contributed by atoms with Gasteiger partial charge in [-0.3, -0.25) is 4.90 Å². The van der Waals surface area contributed by atoms with E-state index in [1.165, 1.54) is 31.4 Å². The van der Waals surface area contributed by atoms with Gasteiger partial charge < -0.3 is 5.32 Å². The Morgan fingerprint density at radius 3 is 2.70 bits per heavy atom. The lowest BCUT2D eigenvalue weighted by atomic mass is 9.86. The van der Waals surface area contributed by atoms with Crippen molar-refractivity contribution in [1.29, 1.82) is 0 Å². The lowest BCUT2D eigenvalue weighted by Gasteiger charge is -2.36. The van der Waals surface area contributed by atoms with E-state index in [1.807, 2.05) is 0 Å². The Balaban J connectivity index is 2.37. The van der Waals surface area contributed by atoms with Crippen molar-refractivity contribution in [2.45, 2.75) is 45.6 Å². The summed E-state index contributed by atoms with van der Waals surface area (Å²) in [5.41, 5.74) is 3.10. The summed E-state index contributed by atoms with van der Waals surface area (Å²) in [6, 6.07) is 9.66. The van der Waals surface area contributed by atoms with Crippen LogP contribution in [0.2, 0.25) is 0 Å². The molecule has 2 atom stereocenters. The first kappa shape index (κ1) is 15.5. The standard InChI is InChI=1S/C18H30N2/c1-4-15-10-6-7-12-17(15)18-16(14-19-3)11-8-9-13-20(18)5-2/h6-7,10,12,16,18-19H,4-5,8-9,11,13-14H2,1-3H3. The van der Waals surface area contributed by atoms with Crippen LogP contribution in [-0.2, 0) is 6.42 Å². The molecule has 1 fully saturated rings. The average Bonchev–Trinajstić information content (AvgIpc) is 2.69. The lowest BCUT2D eigenvalue weighted by Crippen LogP contribution is -2.36. The smallest absolute Gasteiger partial charge is 0.0391 e. The molecule has 2 heteroatoms. The van der Waals surface area contributed by atoms with E-state index in [0.717, 1.165) is 25.4 Å². The molecule has 20 heavy (non-hydrogen) atoms. The van der Waals surface area contributed by atoms with Gasteiger partial charge in [0.25, 0.3) is 0 Å². The molecule has 1 heterocycles. The highest BCUT2D eigenvalue weighted by Crippen LogP contribution is 2.36. The van der Waals surface area contributed by atoms with Gasteiger partial charge >= 0.3 is 0 Å². The largest absolute Gasteiger partial charge is 0.319 e. The molecule has 0 saturated carbocycles. The van der Waals surface area contributed by atoms with E-state index in [4.69, 9.17) is 0 Å². The highest BCUT2D eigenvalue weighted by molar-refractivity contribution is 5.31. The van der Waals surface area contributed by atoms with Crippen LogP contribution in [0.5, 0.6) is 0 Å². The van der Waals surface area contributed by atoms with Crippen molar-refractivity contribution in [1.82, 2.24) is 10.2 Å². The zero-order chi connectivity index (χ0) is 14.4. The molecule has 0 aromatic heterocycles. The third kappa shape index (κ3) is 3.42. The molecule has 0 aliphatic carbocycles. The van der Waals surface area contributed by atoms with E-state index in [1.54, 1.807) is 5.56 Å². The highest BCUT2D eigenvalue weighted by atomic mass is 15.2. The van der Waals surface area contributed by atoms with Crippen molar-refractivity contribution in [3.8, 4) is 0 Å². The molecule has 1 aromatic rings. The van der Waals surface area contributed by atoms with E-state index in [0.29, 0.717) is 6.04 Å². The van der Waals surface area contributed by atoms with Gasteiger partial charge in [0, 0.05) is 6.04 Å². The van der Waals surface area contributed by atoms with Crippen molar-refractivity contribution in [2.24, 2.45) is 5.92 Å². The molecular formula is C18H30N2. The molecule has 2 unspecified atom stereocenters. The van der Waals surface area contributed by atoms with Gasteiger partial charge in [-0.15, -0.1) is 0 Å². The molecule has 112 valence electrons. The second-order valence-electron chi connectivity index (χ2n) is 5.94. The van der Waals surface area contributed by atoms with Gasteiger partial charge in [-0.1, -0.05) is 44.5 Å². The van der Waals surface area contributed by atoms with Gasteiger partial charge in [0.1, 0.15) is 0 Å². The minimum Gasteiger partial charge on any atom is -0.319 e. The Kier molecular flexibility index (Phi) is 6.06. The number of aryl methyl sites for hydroxylation is 1. The minimum atomic E-state index is 0.589. The summed E-state index contributed by atoms with van der Waals surface area (Å²) < 4.78 is 0. The van der Waals surface area contributed by atoms with Gasteiger partial charge in [0.2, 0.25) is 0 Å². The topological polar surface area (TPSA) is 15.3 Å². The number of nitrogens with zero attached hydrogens (tertiary/aromatic N) is 1. The molecule has 1 aliphatic rings. The summed E-state index contributed by atoms with van der Waals surface area (Å²) in [5, 5.41) is 3.42. The molecule has 1 aromatic carbocycles. The van der Waals surface area contributed by atoms with Crippen LogP contribution in [0.1, 0.15) is 50.3 Å². The maximum Gasteiger partial charge on any atom is 0.0391 e. The molecule has 1 saturated heterocycles. The van der Waals surface area contributed by atoms with E-state index in [9.17, 15) is 0 Å². The summed E-state index contributed by atoms with van der Waals surface area (Å²) in [6.07, 6.45) is 5.20. The van der Waals surface area contributed by atoms with Gasteiger partial charge in [0.15, 0.2) is 0 Å². The summed E-state index contributed by atoms with van der Waals surface area (Å²) in [4.78, 5) is 2.70. The van der Waals surface area contributed by atoms with Crippen LogP contribution in [0.3, 0.4) is 0 Å². The first-order valence-corrected chi connectivity index (χ1v) is 8.28. The molecule has 2 nitrogen and oxygen atoms in total. The number of rotatable bonds is 5. The summed E-state index contributed by atoms with van der Waals surface area (Å²) >= 11 is 0. The number of hydrogen-bond donors (Lipinski definition) is 1. The number of nitrogens with one attached hydrogen (secondary N) is 1. The molecule has 2 rings (SSSR count). The minimum absolute atomic E-state index is 0.589. The molecule has 0 spiro atoms. The Labute approximate surface area is 124 Å². The maximum absolute atomic E-state index is 3.42. The van der Waals surface area contributed by atoms with Gasteiger partial charge in [-0.2, -0.15) is 0 Å². The second-order valence-corrected chi connectivity index (χ2v) is 5.94. The quantitative estimate of drug-likeness (QED) is 0.882. The van der Waals surface area contributed by atoms with Crippen LogP contribution >= 0.6 is 0 Å². The van der Waals surface area contributed by atoms with Crippen molar-refractivity contribution in [2.75, 3.05) is 26.7 Å². The fourth-order valence-electron chi connectivity index (χ4n) is 3.74. The Morgan fingerprint density at radius 1 is 1.20 bits per heavy atom. The summed E-state index contributed by atoms with van der Waals surface area (Å²) in [6.45, 7) is 8.11. The van der Waals surface area contributed by atoms with Crippen molar-refractivity contribution in [3.63, 3.8) is 0 Å². The summed E-state index contributed by atoms with van der Waals surface area (Å²) in [7, 11) is 2.09. The van der Waals surface area contributed by atoms with E-state index in [-0.39, 0.29) is 0 Å². The molecular weight excluding hydrogens is 244 g/mol. The van der Waals surface area contributed by atoms with Crippen LogP contribution in [0, 0.1) is 5.92 Å². The molecule has 0 bridgehead atoms. The highest BCUT2D eigenvalue weighted by Gasteiger charge is 2.30. The van der Waals surface area contributed by atoms with Crippen LogP contribution < -0.4 is 5.32 Å². The van der Waals surface area contributed by atoms with Crippen LogP contribution in [0.15, 0.2) is 24.3 Å². The molecule has 0 radical (unpaired) electrons. The molecule has 1 aliphatic heterocycles. The second kappa shape index (κ2) is 7.80. The van der Waals surface area contributed by atoms with E-state index in [2.05, 4.69) is 55.4 Å². The predicted molar refractivity (Wildman–Crippen MR) is 87.1 cm³/mol. The van der Waals surface area contributed by atoms with Crippen molar-refractivity contribution >= 4 is 0 Å². The Hall–Kier alpha value is -0.860. The van der Waals surface area contributed by atoms with Crippen molar-refractivity contribution < 1.29 is 0 Å². The zero-order valence-electron chi connectivity index (χ0n) is 13.4. The first-order chi connectivity index (χ1) is 9.81. The normalized spacial score (nSPS) is 24.6. The first-order valence-electron chi connectivity index (χ1n) is 8.28. The van der Waals surface area contributed by atoms with E-state index < -0.39 is 0 Å². The molecule has 1 N–H and O–H groups in total. The average molecular weight is 274 g/mol. The third-order valence-corrected chi connectivity index (χ3v) is 4.74. The monoisotopic (exact) mass is 274 g/mol. The Morgan fingerprint density at radius 2 is 2.00 bits per heavy atom. The van der Waals surface area contributed by atoms with Gasteiger partial charge in [-0.25, -0.2) is 0 Å². The van der Waals surface area contributed by atoms with Gasteiger partial charge in [0.05, 0.1) is 0 Å². The number of likely N-dealkylation sites (tertiary alicyclic amines) is 1. The SMILES string of the molecule is CCc1ccccc1C1C(CNC)CCCCN1CC.